The van der Waals surface area contributed by atoms with Crippen LogP contribution < -0.4 is 21.3 Å². The fourth-order valence-corrected chi connectivity index (χ4v) is 2.95. The first-order valence-electron chi connectivity index (χ1n) is 10.9. The maximum atomic E-state index is 12.4. The van der Waals surface area contributed by atoms with Gasteiger partial charge in [-0.2, -0.15) is 13.2 Å². The third-order valence-electron chi connectivity index (χ3n) is 4.80. The molecule has 12 heteroatoms. The Morgan fingerprint density at radius 1 is 1.21 bits per heavy atom. The molecule has 34 heavy (non-hydrogen) atoms. The predicted molar refractivity (Wildman–Crippen MR) is 119 cm³/mol. The van der Waals surface area contributed by atoms with Gasteiger partial charge in [0.05, 0.1) is 0 Å². The number of hydrogen-bond donors (Lipinski definition) is 1. The fourth-order valence-electron chi connectivity index (χ4n) is 2.95. The third-order valence-corrected chi connectivity index (χ3v) is 4.80. The maximum Gasteiger partial charge on any atom is 0.389 e. The van der Waals surface area contributed by atoms with E-state index in [9.17, 15) is 27.6 Å². The number of nitrogens with zero attached hydrogens (tertiary/aromatic N) is 3. The van der Waals surface area contributed by atoms with E-state index in [2.05, 4.69) is 10.4 Å². The first-order chi connectivity index (χ1) is 16.0. The van der Waals surface area contributed by atoms with Gasteiger partial charge in [-0.25, -0.2) is 9.48 Å². The highest BCUT2D eigenvalue weighted by atomic mass is 19.4. The molecule has 1 N–H and O–H groups in total. The van der Waals surface area contributed by atoms with E-state index in [0.717, 1.165) is 14.8 Å². The lowest BCUT2D eigenvalue weighted by Gasteiger charge is -2.15. The van der Waals surface area contributed by atoms with Gasteiger partial charge in [-0.3, -0.25) is 14.2 Å². The molecule has 9 nitrogen and oxygen atoms in total. The zero-order valence-electron chi connectivity index (χ0n) is 19.4. The number of rotatable bonds is 12. The summed E-state index contributed by atoms with van der Waals surface area (Å²) in [6, 6.07) is 7.22. The van der Waals surface area contributed by atoms with Crippen LogP contribution in [0.4, 0.5) is 19.0 Å². The number of anilines is 1. The molecule has 1 atom stereocenters. The summed E-state index contributed by atoms with van der Waals surface area (Å²) in [5.74, 6) is 0.210. The van der Waals surface area contributed by atoms with Crippen LogP contribution in [-0.4, -0.2) is 45.7 Å². The number of aryl methyl sites for hydroxylation is 1. The minimum absolute atomic E-state index is 0.107. The van der Waals surface area contributed by atoms with Crippen LogP contribution in [0.25, 0.3) is 0 Å². The molecule has 0 aliphatic rings. The number of benzene rings is 1. The Balaban J connectivity index is 1.91. The number of halogens is 3. The largest absolute Gasteiger partial charge is 0.487 e. The number of carbonyl (C=O) groups excluding carboxylic acids is 1. The summed E-state index contributed by atoms with van der Waals surface area (Å²) in [6.07, 6.45) is -5.18. The highest BCUT2D eigenvalue weighted by molar-refractivity contribution is 5.68. The zero-order valence-corrected chi connectivity index (χ0v) is 19.4. The molecule has 0 saturated heterocycles. The van der Waals surface area contributed by atoms with Crippen molar-refractivity contribution >= 4 is 11.8 Å². The molecule has 2 aromatic rings. The number of ether oxygens (including phenoxy) is 2. The summed E-state index contributed by atoms with van der Waals surface area (Å²) in [6.45, 7) is 3.71. The van der Waals surface area contributed by atoms with E-state index in [1.807, 2.05) is 12.1 Å². The smallest absolute Gasteiger partial charge is 0.389 e. The quantitative estimate of drug-likeness (QED) is 0.460. The molecule has 0 bridgehead atoms. The van der Waals surface area contributed by atoms with Gasteiger partial charge < -0.3 is 14.8 Å². The number of hydrogen-bond acceptors (Lipinski definition) is 7. The lowest BCUT2D eigenvalue weighted by atomic mass is 10.1. The third kappa shape index (κ3) is 8.56. The second-order valence-corrected chi connectivity index (χ2v) is 7.72. The zero-order chi connectivity index (χ0) is 25.3. The van der Waals surface area contributed by atoms with E-state index in [1.54, 1.807) is 26.0 Å². The number of aromatic nitrogens is 3. The molecule has 0 spiro atoms. The average molecular weight is 486 g/mol. The SMILES string of the molecule is CCC(=O)OCC(C)Oc1ccc(CCNc2nn(CCCC(F)(F)F)c(=O)n(C)c2=O)cc1. The van der Waals surface area contributed by atoms with Gasteiger partial charge >= 0.3 is 17.8 Å². The Bertz CT molecular complexity index is 1060. The number of alkyl halides is 3. The fraction of sp³-hybridized carbons (Fsp3) is 0.545. The van der Waals surface area contributed by atoms with Crippen molar-refractivity contribution in [3.05, 3.63) is 50.7 Å². The van der Waals surface area contributed by atoms with E-state index in [0.29, 0.717) is 25.1 Å². The molecule has 0 aliphatic carbocycles. The van der Waals surface area contributed by atoms with E-state index in [4.69, 9.17) is 9.47 Å². The predicted octanol–water partition coefficient (Wildman–Crippen LogP) is 2.66. The van der Waals surface area contributed by atoms with E-state index >= 15 is 0 Å². The summed E-state index contributed by atoms with van der Waals surface area (Å²) < 4.78 is 49.5. The van der Waals surface area contributed by atoms with Gasteiger partial charge in [0.2, 0.25) is 5.82 Å². The van der Waals surface area contributed by atoms with Crippen LogP contribution in [0, 0.1) is 0 Å². The van der Waals surface area contributed by atoms with Crippen molar-refractivity contribution < 1.29 is 27.4 Å². The first-order valence-corrected chi connectivity index (χ1v) is 10.9. The molecule has 188 valence electrons. The molecule has 2 rings (SSSR count). The topological polar surface area (TPSA) is 104 Å². The number of carbonyl (C=O) groups is 1. The Hall–Kier alpha value is -3.31. The molecular weight excluding hydrogens is 457 g/mol. The van der Waals surface area contributed by atoms with E-state index in [1.165, 1.54) is 7.05 Å². The number of nitrogens with one attached hydrogen (secondary N) is 1. The molecule has 0 aliphatic heterocycles. The van der Waals surface area contributed by atoms with Gasteiger partial charge in [0.1, 0.15) is 18.5 Å². The van der Waals surface area contributed by atoms with Gasteiger partial charge in [0, 0.05) is 33.0 Å². The lowest BCUT2D eigenvalue weighted by molar-refractivity contribution is -0.145. The summed E-state index contributed by atoms with van der Waals surface area (Å²) in [5.41, 5.74) is -0.495. The highest BCUT2D eigenvalue weighted by Gasteiger charge is 2.26. The monoisotopic (exact) mass is 486 g/mol. The van der Waals surface area contributed by atoms with Crippen LogP contribution in [0.5, 0.6) is 5.75 Å². The summed E-state index contributed by atoms with van der Waals surface area (Å²) in [5, 5.41) is 6.75. The van der Waals surface area contributed by atoms with Crippen molar-refractivity contribution in [2.45, 2.75) is 58.4 Å². The average Bonchev–Trinajstić information content (AvgIpc) is 2.79. The van der Waals surface area contributed by atoms with Gasteiger partial charge in [-0.1, -0.05) is 19.1 Å². The van der Waals surface area contributed by atoms with Crippen LogP contribution in [0.3, 0.4) is 0 Å². The van der Waals surface area contributed by atoms with Crippen LogP contribution in [-0.2, 0) is 29.5 Å². The van der Waals surface area contributed by atoms with Crippen molar-refractivity contribution in [2.75, 3.05) is 18.5 Å². The van der Waals surface area contributed by atoms with E-state index < -0.39 is 23.8 Å². The van der Waals surface area contributed by atoms with Crippen LogP contribution in [0.1, 0.15) is 38.7 Å². The maximum absolute atomic E-state index is 12.4. The van der Waals surface area contributed by atoms with Crippen LogP contribution in [0.2, 0.25) is 0 Å². The molecule has 0 fully saturated rings. The van der Waals surface area contributed by atoms with Crippen molar-refractivity contribution in [2.24, 2.45) is 7.05 Å². The molecule has 1 aromatic carbocycles. The second-order valence-electron chi connectivity index (χ2n) is 7.72. The molecule has 1 heterocycles. The molecule has 1 aromatic heterocycles. The lowest BCUT2D eigenvalue weighted by Crippen LogP contribution is -2.41. The molecule has 0 radical (unpaired) electrons. The molecule has 0 amide bonds. The van der Waals surface area contributed by atoms with Crippen LogP contribution in [0.15, 0.2) is 33.9 Å². The Morgan fingerprint density at radius 3 is 2.50 bits per heavy atom. The van der Waals surface area contributed by atoms with Crippen molar-refractivity contribution in [3.63, 3.8) is 0 Å². The Morgan fingerprint density at radius 2 is 1.88 bits per heavy atom. The second kappa shape index (κ2) is 12.2. The van der Waals surface area contributed by atoms with Crippen LogP contribution >= 0.6 is 0 Å². The van der Waals surface area contributed by atoms with Crippen molar-refractivity contribution in [1.82, 2.24) is 14.3 Å². The molecular formula is C22H29F3N4O5. The molecule has 0 saturated carbocycles. The van der Waals surface area contributed by atoms with Gasteiger partial charge in [0.15, 0.2) is 0 Å². The summed E-state index contributed by atoms with van der Waals surface area (Å²) in [4.78, 5) is 35.6. The van der Waals surface area contributed by atoms with Gasteiger partial charge in [0.25, 0.3) is 5.56 Å². The minimum Gasteiger partial charge on any atom is -0.487 e. The summed E-state index contributed by atoms with van der Waals surface area (Å²) in [7, 11) is 1.25. The van der Waals surface area contributed by atoms with Gasteiger partial charge in [-0.15, -0.1) is 5.10 Å². The van der Waals surface area contributed by atoms with Crippen molar-refractivity contribution in [3.8, 4) is 5.75 Å². The normalized spacial score (nSPS) is 12.3. The standard InChI is InChI=1S/C22H29F3N4O5/c1-4-18(30)33-14-15(2)34-17-8-6-16(7-9-17)10-12-26-19-20(31)28(3)21(32)29(27-19)13-5-11-22(23,24)25/h6-9,15H,4-5,10-14H2,1-3H3,(H,26,27). The number of esters is 1. The Kier molecular flexibility index (Phi) is 9.69. The summed E-state index contributed by atoms with van der Waals surface area (Å²) >= 11 is 0. The van der Waals surface area contributed by atoms with E-state index in [-0.39, 0.29) is 37.5 Å². The van der Waals surface area contributed by atoms with Crippen molar-refractivity contribution in [1.29, 1.82) is 0 Å². The Labute approximate surface area is 194 Å². The first kappa shape index (κ1) is 26.9. The molecule has 1 unspecified atom stereocenters. The van der Waals surface area contributed by atoms with Gasteiger partial charge in [-0.05, 0) is 37.5 Å². The minimum atomic E-state index is -4.33. The highest BCUT2D eigenvalue weighted by Crippen LogP contribution is 2.21.